The minimum absolute atomic E-state index is 0.114. The van der Waals surface area contributed by atoms with Crippen molar-refractivity contribution < 1.29 is 24.2 Å². The zero-order valence-corrected chi connectivity index (χ0v) is 21.1. The van der Waals surface area contributed by atoms with E-state index in [4.69, 9.17) is 9.47 Å². The molecule has 2 unspecified atom stereocenters. The van der Waals surface area contributed by atoms with Crippen LogP contribution in [-0.2, 0) is 30.9 Å². The fourth-order valence-electron chi connectivity index (χ4n) is 4.52. The van der Waals surface area contributed by atoms with Crippen molar-refractivity contribution in [3.63, 3.8) is 0 Å². The third-order valence-corrected chi connectivity index (χ3v) is 6.44. The van der Waals surface area contributed by atoms with Crippen LogP contribution in [0.2, 0.25) is 0 Å². The highest BCUT2D eigenvalue weighted by Gasteiger charge is 2.31. The van der Waals surface area contributed by atoms with Gasteiger partial charge in [0.2, 0.25) is 0 Å². The summed E-state index contributed by atoms with van der Waals surface area (Å²) >= 11 is 0. The molecule has 0 saturated heterocycles. The average molecular weight is 492 g/mol. The fraction of sp³-hybridized carbons (Fsp3) is 0.429. The van der Waals surface area contributed by atoms with Crippen molar-refractivity contribution in [3.8, 4) is 11.4 Å². The molecule has 1 aliphatic rings. The Balaban J connectivity index is 1.53. The van der Waals surface area contributed by atoms with Gasteiger partial charge in [-0.3, -0.25) is 4.79 Å². The molecule has 36 heavy (non-hydrogen) atoms. The maximum Gasteiger partial charge on any atom is 0.330 e. The van der Waals surface area contributed by atoms with Gasteiger partial charge >= 0.3 is 11.9 Å². The van der Waals surface area contributed by atoms with Crippen molar-refractivity contribution in [3.05, 3.63) is 60.2 Å². The Hall–Kier alpha value is -3.68. The first kappa shape index (κ1) is 25.4. The number of nitrogens with zero attached hydrogens (tertiary/aromatic N) is 3. The third kappa shape index (κ3) is 5.75. The van der Waals surface area contributed by atoms with Gasteiger partial charge in [-0.15, -0.1) is 15.0 Å². The molecule has 0 spiro atoms. The molecular weight excluding hydrogens is 458 g/mol. The molecule has 8 heteroatoms. The number of carbonyl (C=O) groups excluding carboxylic acids is 2. The van der Waals surface area contributed by atoms with Crippen molar-refractivity contribution in [1.29, 1.82) is 0 Å². The number of hydrogen-bond donors (Lipinski definition) is 1. The highest BCUT2D eigenvalue weighted by atomic mass is 16.6. The molecule has 8 nitrogen and oxygen atoms in total. The number of ether oxygens (including phenoxy) is 2. The zero-order chi connectivity index (χ0) is 25.9. The smallest absolute Gasteiger partial charge is 0.330 e. The molecule has 1 N–H and O–H groups in total. The lowest BCUT2D eigenvalue weighted by molar-refractivity contribution is -0.168. The van der Waals surface area contributed by atoms with Crippen molar-refractivity contribution in [2.45, 2.75) is 76.9 Å². The maximum absolute atomic E-state index is 12.7. The highest BCUT2D eigenvalue weighted by Crippen LogP contribution is 2.36. The monoisotopic (exact) mass is 491 g/mol. The van der Waals surface area contributed by atoms with Crippen LogP contribution in [-0.4, -0.2) is 44.2 Å². The van der Waals surface area contributed by atoms with Crippen LogP contribution in [0.4, 0.5) is 0 Å². The second kappa shape index (κ2) is 10.5. The number of phenolic OH excluding ortho intramolecular Hbond substituents is 1. The summed E-state index contributed by atoms with van der Waals surface area (Å²) in [6, 6.07) is 11.2. The van der Waals surface area contributed by atoms with Gasteiger partial charge in [0.05, 0.1) is 0 Å². The SMILES string of the molecule is C=CC(=O)OC1CCCCC1OC(=O)CCc1cc(-n2nc3ccccc3n2)c(O)c(C(C)(C)C)c1. The lowest BCUT2D eigenvalue weighted by Crippen LogP contribution is -2.37. The quantitative estimate of drug-likeness (QED) is 0.369. The summed E-state index contributed by atoms with van der Waals surface area (Å²) in [7, 11) is 0. The molecule has 1 fully saturated rings. The van der Waals surface area contributed by atoms with Crippen LogP contribution in [0.25, 0.3) is 16.7 Å². The lowest BCUT2D eigenvalue weighted by Gasteiger charge is -2.30. The van der Waals surface area contributed by atoms with E-state index in [0.29, 0.717) is 24.9 Å². The van der Waals surface area contributed by atoms with Gasteiger partial charge < -0.3 is 14.6 Å². The second-order valence-electron chi connectivity index (χ2n) is 10.2. The van der Waals surface area contributed by atoms with E-state index in [2.05, 4.69) is 16.8 Å². The summed E-state index contributed by atoms with van der Waals surface area (Å²) in [5.41, 5.74) is 3.18. The van der Waals surface area contributed by atoms with Crippen LogP contribution in [0.3, 0.4) is 0 Å². The Kier molecular flexibility index (Phi) is 7.43. The third-order valence-electron chi connectivity index (χ3n) is 6.44. The van der Waals surface area contributed by atoms with Gasteiger partial charge in [0.25, 0.3) is 0 Å². The van der Waals surface area contributed by atoms with Crippen LogP contribution in [0.5, 0.6) is 5.75 Å². The van der Waals surface area contributed by atoms with E-state index in [-0.39, 0.29) is 23.6 Å². The van der Waals surface area contributed by atoms with Crippen LogP contribution in [0.15, 0.2) is 49.1 Å². The molecule has 0 bridgehead atoms. The van der Waals surface area contributed by atoms with Gasteiger partial charge in [-0.05, 0) is 61.3 Å². The Morgan fingerprint density at radius 1 is 1.08 bits per heavy atom. The molecule has 1 aromatic heterocycles. The summed E-state index contributed by atoms with van der Waals surface area (Å²) in [5, 5.41) is 20.2. The highest BCUT2D eigenvalue weighted by molar-refractivity contribution is 5.81. The van der Waals surface area contributed by atoms with Crippen molar-refractivity contribution in [1.82, 2.24) is 15.0 Å². The number of rotatable bonds is 7. The number of aromatic hydroxyl groups is 1. The first-order valence-corrected chi connectivity index (χ1v) is 12.4. The van der Waals surface area contributed by atoms with Crippen LogP contribution in [0.1, 0.15) is 64.0 Å². The average Bonchev–Trinajstić information content (AvgIpc) is 3.28. The molecular formula is C28H33N3O5. The molecule has 3 aromatic rings. The van der Waals surface area contributed by atoms with E-state index in [1.165, 1.54) is 4.80 Å². The number of phenols is 1. The summed E-state index contributed by atoms with van der Waals surface area (Å²) in [6.07, 6.45) is 3.97. The number of hydrogen-bond acceptors (Lipinski definition) is 7. The van der Waals surface area contributed by atoms with Gasteiger partial charge in [-0.2, -0.15) is 0 Å². The van der Waals surface area contributed by atoms with Crippen LogP contribution in [0, 0.1) is 0 Å². The topological polar surface area (TPSA) is 104 Å². The summed E-state index contributed by atoms with van der Waals surface area (Å²) in [5.74, 6) is -0.742. The first-order valence-electron chi connectivity index (χ1n) is 12.4. The molecule has 4 rings (SSSR count). The number of fused-ring (bicyclic) bond motifs is 1. The predicted octanol–water partition coefficient (Wildman–Crippen LogP) is 4.94. The molecule has 190 valence electrons. The van der Waals surface area contributed by atoms with E-state index >= 15 is 0 Å². The fourth-order valence-corrected chi connectivity index (χ4v) is 4.52. The normalized spacial score (nSPS) is 18.1. The zero-order valence-electron chi connectivity index (χ0n) is 21.1. The number of esters is 2. The Bertz CT molecular complexity index is 1240. The maximum atomic E-state index is 12.7. The lowest BCUT2D eigenvalue weighted by atomic mass is 9.84. The standard InChI is InChI=1S/C28H33N3O5/c1-5-25(32)35-23-12-8-9-13-24(23)36-26(33)15-14-18-16-19(28(2,3)4)27(34)22(17-18)31-29-20-10-6-7-11-21(20)30-31/h5-7,10-11,16-17,23-24,34H,1,8-9,12-15H2,2-4H3. The Labute approximate surface area is 210 Å². The van der Waals surface area contributed by atoms with Crippen LogP contribution < -0.4 is 0 Å². The summed E-state index contributed by atoms with van der Waals surface area (Å²) < 4.78 is 11.1. The molecule has 2 atom stereocenters. The van der Waals surface area contributed by atoms with Gasteiger partial charge in [-0.1, -0.05) is 45.5 Å². The van der Waals surface area contributed by atoms with E-state index in [1.54, 1.807) is 0 Å². The number of aromatic nitrogens is 3. The van der Waals surface area contributed by atoms with E-state index < -0.39 is 18.2 Å². The van der Waals surface area contributed by atoms with Gasteiger partial charge in [-0.25, -0.2) is 4.79 Å². The first-order chi connectivity index (χ1) is 17.2. The van der Waals surface area contributed by atoms with Gasteiger partial charge in [0.1, 0.15) is 34.7 Å². The van der Waals surface area contributed by atoms with Crippen molar-refractivity contribution >= 4 is 23.0 Å². The van der Waals surface area contributed by atoms with E-state index in [9.17, 15) is 14.7 Å². The summed E-state index contributed by atoms with van der Waals surface area (Å²) in [4.78, 5) is 25.8. The molecule has 1 aliphatic carbocycles. The largest absolute Gasteiger partial charge is 0.505 e. The molecule has 2 aromatic carbocycles. The number of aryl methyl sites for hydroxylation is 1. The van der Waals surface area contributed by atoms with Crippen molar-refractivity contribution in [2.24, 2.45) is 0 Å². The minimum atomic E-state index is -0.505. The predicted molar refractivity (Wildman–Crippen MR) is 136 cm³/mol. The van der Waals surface area contributed by atoms with E-state index in [0.717, 1.165) is 41.1 Å². The second-order valence-corrected chi connectivity index (χ2v) is 10.2. The molecule has 1 heterocycles. The Morgan fingerprint density at radius 3 is 2.28 bits per heavy atom. The molecule has 1 saturated carbocycles. The summed E-state index contributed by atoms with van der Waals surface area (Å²) in [6.45, 7) is 9.49. The Morgan fingerprint density at radius 2 is 1.69 bits per heavy atom. The van der Waals surface area contributed by atoms with Crippen molar-refractivity contribution in [2.75, 3.05) is 0 Å². The minimum Gasteiger partial charge on any atom is -0.505 e. The van der Waals surface area contributed by atoms with Crippen LogP contribution >= 0.6 is 0 Å². The van der Waals surface area contributed by atoms with Gasteiger partial charge in [0, 0.05) is 18.1 Å². The molecule has 0 amide bonds. The number of carbonyl (C=O) groups is 2. The molecule has 0 radical (unpaired) electrons. The molecule has 0 aliphatic heterocycles. The van der Waals surface area contributed by atoms with Gasteiger partial charge in [0.15, 0.2) is 0 Å². The number of benzene rings is 2. The van der Waals surface area contributed by atoms with E-state index in [1.807, 2.05) is 57.2 Å².